The molecule has 2 aromatic rings. The standard InChI is InChI=1S/C17H20BrN3O3.ClH/c1-21(10-12-4-2-3-5-15(12)18)16(22)6-7-20-17(23)13-8-14(9-19)24-11-13;/h2-5,8,11H,6-7,9-10,19H2,1H3,(H,20,23);1H. The summed E-state index contributed by atoms with van der Waals surface area (Å²) in [6.45, 7) is 1.02. The van der Waals surface area contributed by atoms with Gasteiger partial charge in [-0.15, -0.1) is 12.4 Å². The molecule has 0 bridgehead atoms. The third-order valence-corrected chi connectivity index (χ3v) is 4.31. The molecule has 136 valence electrons. The maximum atomic E-state index is 12.2. The molecule has 1 aromatic heterocycles. The van der Waals surface area contributed by atoms with E-state index in [1.165, 1.54) is 6.26 Å². The van der Waals surface area contributed by atoms with E-state index in [9.17, 15) is 9.59 Å². The Morgan fingerprint density at radius 2 is 2.04 bits per heavy atom. The molecule has 0 unspecified atom stereocenters. The fourth-order valence-electron chi connectivity index (χ4n) is 2.15. The van der Waals surface area contributed by atoms with E-state index in [1.54, 1.807) is 18.0 Å². The van der Waals surface area contributed by atoms with Gasteiger partial charge < -0.3 is 20.4 Å². The van der Waals surface area contributed by atoms with Crippen LogP contribution < -0.4 is 11.1 Å². The topological polar surface area (TPSA) is 88.6 Å². The van der Waals surface area contributed by atoms with Crippen molar-refractivity contribution in [2.24, 2.45) is 5.73 Å². The van der Waals surface area contributed by atoms with Crippen LogP contribution in [0.25, 0.3) is 0 Å². The number of nitrogens with two attached hydrogens (primary N) is 1. The monoisotopic (exact) mass is 429 g/mol. The zero-order valence-electron chi connectivity index (χ0n) is 13.8. The number of nitrogens with zero attached hydrogens (tertiary/aromatic N) is 1. The number of carbonyl (C=O) groups excluding carboxylic acids is 2. The van der Waals surface area contributed by atoms with E-state index >= 15 is 0 Å². The minimum atomic E-state index is -0.278. The van der Waals surface area contributed by atoms with E-state index in [-0.39, 0.29) is 43.7 Å². The number of rotatable bonds is 7. The number of benzene rings is 1. The maximum absolute atomic E-state index is 12.2. The molecule has 0 fully saturated rings. The molecular formula is C17H21BrClN3O3. The Balaban J connectivity index is 0.00000312. The maximum Gasteiger partial charge on any atom is 0.254 e. The lowest BCUT2D eigenvalue weighted by Gasteiger charge is -2.18. The van der Waals surface area contributed by atoms with Crippen LogP contribution in [-0.4, -0.2) is 30.3 Å². The van der Waals surface area contributed by atoms with Crippen LogP contribution in [0, 0.1) is 0 Å². The van der Waals surface area contributed by atoms with E-state index in [0.717, 1.165) is 10.0 Å². The number of hydrogen-bond donors (Lipinski definition) is 2. The van der Waals surface area contributed by atoms with Crippen LogP contribution in [0.1, 0.15) is 28.1 Å². The van der Waals surface area contributed by atoms with Crippen molar-refractivity contribution >= 4 is 40.2 Å². The molecule has 3 N–H and O–H groups in total. The summed E-state index contributed by atoms with van der Waals surface area (Å²) >= 11 is 3.47. The lowest BCUT2D eigenvalue weighted by Crippen LogP contribution is -2.31. The highest BCUT2D eigenvalue weighted by Crippen LogP contribution is 2.17. The Labute approximate surface area is 161 Å². The van der Waals surface area contributed by atoms with Gasteiger partial charge in [-0.2, -0.15) is 0 Å². The van der Waals surface area contributed by atoms with Crippen molar-refractivity contribution in [2.45, 2.75) is 19.5 Å². The zero-order chi connectivity index (χ0) is 17.5. The van der Waals surface area contributed by atoms with Crippen LogP contribution in [0.15, 0.2) is 45.5 Å². The van der Waals surface area contributed by atoms with Crippen LogP contribution in [0.5, 0.6) is 0 Å². The van der Waals surface area contributed by atoms with Crippen LogP contribution in [0.2, 0.25) is 0 Å². The molecule has 1 aromatic carbocycles. The van der Waals surface area contributed by atoms with Gasteiger partial charge in [0.05, 0.1) is 12.1 Å². The van der Waals surface area contributed by atoms with Gasteiger partial charge in [0.1, 0.15) is 12.0 Å². The lowest BCUT2D eigenvalue weighted by molar-refractivity contribution is -0.130. The van der Waals surface area contributed by atoms with E-state index in [0.29, 0.717) is 17.9 Å². The summed E-state index contributed by atoms with van der Waals surface area (Å²) in [7, 11) is 1.74. The smallest absolute Gasteiger partial charge is 0.254 e. The lowest BCUT2D eigenvalue weighted by atomic mass is 10.2. The Morgan fingerprint density at radius 1 is 1.32 bits per heavy atom. The van der Waals surface area contributed by atoms with Crippen molar-refractivity contribution in [1.29, 1.82) is 0 Å². The predicted octanol–water partition coefficient (Wildman–Crippen LogP) is 2.70. The molecule has 1 heterocycles. The Hall–Kier alpha value is -1.83. The summed E-state index contributed by atoms with van der Waals surface area (Å²) in [5.41, 5.74) is 6.87. The second kappa shape index (κ2) is 10.2. The molecule has 8 heteroatoms. The summed E-state index contributed by atoms with van der Waals surface area (Å²) in [5, 5.41) is 2.70. The van der Waals surface area contributed by atoms with E-state index in [1.807, 2.05) is 24.3 Å². The average Bonchev–Trinajstić information content (AvgIpc) is 3.06. The molecule has 0 aliphatic rings. The highest BCUT2D eigenvalue weighted by Gasteiger charge is 2.13. The second-order valence-corrected chi connectivity index (χ2v) is 6.21. The molecule has 25 heavy (non-hydrogen) atoms. The van der Waals surface area contributed by atoms with Crippen molar-refractivity contribution < 1.29 is 14.0 Å². The van der Waals surface area contributed by atoms with E-state index < -0.39 is 0 Å². The number of nitrogens with one attached hydrogen (secondary N) is 1. The number of hydrogen-bond acceptors (Lipinski definition) is 4. The third-order valence-electron chi connectivity index (χ3n) is 3.53. The highest BCUT2D eigenvalue weighted by atomic mass is 79.9. The molecule has 0 aliphatic heterocycles. The van der Waals surface area contributed by atoms with Gasteiger partial charge in [0.25, 0.3) is 5.91 Å². The molecule has 0 saturated carbocycles. The van der Waals surface area contributed by atoms with Gasteiger partial charge in [-0.25, -0.2) is 0 Å². The first-order valence-electron chi connectivity index (χ1n) is 7.54. The quantitative estimate of drug-likeness (QED) is 0.707. The van der Waals surface area contributed by atoms with Crippen LogP contribution in [-0.2, 0) is 17.9 Å². The number of furan rings is 1. The Bertz CT molecular complexity index is 721. The van der Waals surface area contributed by atoms with Crippen molar-refractivity contribution in [1.82, 2.24) is 10.2 Å². The van der Waals surface area contributed by atoms with Gasteiger partial charge in [0.2, 0.25) is 5.91 Å². The highest BCUT2D eigenvalue weighted by molar-refractivity contribution is 9.10. The number of amides is 2. The van der Waals surface area contributed by atoms with Crippen LogP contribution >= 0.6 is 28.3 Å². The first-order chi connectivity index (χ1) is 11.5. The molecule has 0 aliphatic carbocycles. The number of halogens is 2. The minimum absolute atomic E-state index is 0. The molecule has 0 radical (unpaired) electrons. The average molecular weight is 431 g/mol. The van der Waals surface area contributed by atoms with Crippen LogP contribution in [0.4, 0.5) is 0 Å². The van der Waals surface area contributed by atoms with E-state index in [4.69, 9.17) is 10.2 Å². The molecular weight excluding hydrogens is 410 g/mol. The van der Waals surface area contributed by atoms with Crippen molar-refractivity contribution in [3.05, 3.63) is 58.0 Å². The normalized spacial score (nSPS) is 10.0. The minimum Gasteiger partial charge on any atom is -0.467 e. The summed E-state index contributed by atoms with van der Waals surface area (Å²) < 4.78 is 6.08. The molecule has 6 nitrogen and oxygen atoms in total. The molecule has 0 saturated heterocycles. The van der Waals surface area contributed by atoms with Gasteiger partial charge in [-0.1, -0.05) is 34.1 Å². The van der Waals surface area contributed by atoms with Gasteiger partial charge >= 0.3 is 0 Å². The van der Waals surface area contributed by atoms with Gasteiger partial charge in [-0.3, -0.25) is 9.59 Å². The molecule has 2 rings (SSSR count). The first-order valence-corrected chi connectivity index (χ1v) is 8.33. The van der Waals surface area contributed by atoms with Gasteiger partial charge in [-0.05, 0) is 17.7 Å². The first kappa shape index (κ1) is 21.2. The summed E-state index contributed by atoms with van der Waals surface area (Å²) in [6.07, 6.45) is 1.59. The van der Waals surface area contributed by atoms with Crippen molar-refractivity contribution in [3.8, 4) is 0 Å². The summed E-state index contributed by atoms with van der Waals surface area (Å²) in [4.78, 5) is 25.7. The van der Waals surface area contributed by atoms with E-state index in [2.05, 4.69) is 21.2 Å². The molecule has 0 spiro atoms. The SMILES string of the molecule is CN(Cc1ccccc1Br)C(=O)CCNC(=O)c1coc(CN)c1.Cl. The largest absolute Gasteiger partial charge is 0.467 e. The molecule has 0 atom stereocenters. The summed E-state index contributed by atoms with van der Waals surface area (Å²) in [5.74, 6) is 0.227. The third kappa shape index (κ3) is 6.19. The summed E-state index contributed by atoms with van der Waals surface area (Å²) in [6, 6.07) is 9.35. The van der Waals surface area contributed by atoms with Crippen LogP contribution in [0.3, 0.4) is 0 Å². The van der Waals surface area contributed by atoms with Crippen molar-refractivity contribution in [2.75, 3.05) is 13.6 Å². The fourth-order valence-corrected chi connectivity index (χ4v) is 2.56. The predicted molar refractivity (Wildman–Crippen MR) is 101 cm³/mol. The van der Waals surface area contributed by atoms with Gasteiger partial charge in [0.15, 0.2) is 0 Å². The Morgan fingerprint density at radius 3 is 2.68 bits per heavy atom. The molecule has 2 amide bonds. The van der Waals surface area contributed by atoms with Crippen molar-refractivity contribution in [3.63, 3.8) is 0 Å². The number of carbonyl (C=O) groups is 2. The zero-order valence-corrected chi connectivity index (χ0v) is 16.2. The van der Waals surface area contributed by atoms with Gasteiger partial charge in [0, 0.05) is 31.0 Å². The fraction of sp³-hybridized carbons (Fsp3) is 0.294. The Kier molecular flexibility index (Phi) is 8.68. The second-order valence-electron chi connectivity index (χ2n) is 5.35.